The number of carboxylic acid groups (broad SMARTS) is 1. The van der Waals surface area contributed by atoms with E-state index in [1.165, 1.54) is 23.9 Å². The van der Waals surface area contributed by atoms with Crippen LogP contribution in [-0.2, 0) is 4.74 Å². The molecule has 0 saturated carbocycles. The molecule has 2 aromatic heterocycles. The Kier molecular flexibility index (Phi) is 4.49. The maximum absolute atomic E-state index is 12.3. The molecule has 4 N–H and O–H groups in total. The van der Waals surface area contributed by atoms with E-state index in [4.69, 9.17) is 10.5 Å². The summed E-state index contributed by atoms with van der Waals surface area (Å²) in [6, 6.07) is 14.4. The van der Waals surface area contributed by atoms with Crippen LogP contribution in [0.5, 0.6) is 0 Å². The van der Waals surface area contributed by atoms with Crippen LogP contribution < -0.4 is 5.73 Å². The van der Waals surface area contributed by atoms with Gasteiger partial charge in [0, 0.05) is 23.3 Å². The minimum absolute atomic E-state index is 0.0462. The van der Waals surface area contributed by atoms with Crippen LogP contribution >= 0.6 is 0 Å². The monoisotopic (exact) mass is 400 g/mol. The van der Waals surface area contributed by atoms with Crippen molar-refractivity contribution in [2.45, 2.75) is 0 Å². The van der Waals surface area contributed by atoms with Gasteiger partial charge in [-0.3, -0.25) is 0 Å². The lowest BCUT2D eigenvalue weighted by Gasteiger charge is -2.14. The van der Waals surface area contributed by atoms with E-state index >= 15 is 0 Å². The number of nitrogens with one attached hydrogen (secondary N) is 1. The summed E-state index contributed by atoms with van der Waals surface area (Å²) in [7, 11) is 1.19. The van der Waals surface area contributed by atoms with Crippen LogP contribution in [-0.4, -0.2) is 33.7 Å². The first-order valence-corrected chi connectivity index (χ1v) is 8.89. The number of methoxy groups -OCH3 is 1. The Morgan fingerprint density at radius 1 is 1.23 bits per heavy atom. The van der Waals surface area contributed by atoms with Gasteiger partial charge in [0.25, 0.3) is 0 Å². The second-order valence-corrected chi connectivity index (χ2v) is 6.56. The van der Waals surface area contributed by atoms with Crippen LogP contribution in [0.4, 0.5) is 5.69 Å². The van der Waals surface area contributed by atoms with Gasteiger partial charge in [0.15, 0.2) is 5.69 Å². The Labute approximate surface area is 170 Å². The summed E-state index contributed by atoms with van der Waals surface area (Å²) >= 11 is 0. The number of anilines is 1. The van der Waals surface area contributed by atoms with Gasteiger partial charge in [0.05, 0.1) is 29.6 Å². The van der Waals surface area contributed by atoms with Gasteiger partial charge in [-0.1, -0.05) is 18.2 Å². The fourth-order valence-electron chi connectivity index (χ4n) is 3.52. The number of fused-ring (bicyclic) bond motifs is 1. The molecule has 148 valence electrons. The van der Waals surface area contributed by atoms with Crippen molar-refractivity contribution in [3.8, 4) is 22.9 Å². The largest absolute Gasteiger partial charge is 0.478 e. The number of nitriles is 1. The average Bonchev–Trinajstić information content (AvgIpc) is 3.36. The molecule has 2 aromatic carbocycles. The topological polar surface area (TPSA) is 134 Å². The predicted octanol–water partition coefficient (Wildman–Crippen LogP) is 3.56. The molecule has 0 unspecified atom stereocenters. The number of carboxylic acids is 1. The van der Waals surface area contributed by atoms with E-state index in [2.05, 4.69) is 4.98 Å². The summed E-state index contributed by atoms with van der Waals surface area (Å²) in [5.41, 5.74) is 8.54. The lowest BCUT2D eigenvalue weighted by atomic mass is 9.99. The summed E-state index contributed by atoms with van der Waals surface area (Å²) < 4.78 is 6.09. The normalized spacial score (nSPS) is 10.7. The minimum Gasteiger partial charge on any atom is -0.478 e. The van der Waals surface area contributed by atoms with Gasteiger partial charge < -0.3 is 25.1 Å². The highest BCUT2D eigenvalue weighted by Crippen LogP contribution is 2.33. The SMILES string of the molecule is COC(=O)c1c(N)c(C#N)cn1-c1cc(-c2cccc3[nH]ccc23)ccc1C(=O)O. The van der Waals surface area contributed by atoms with E-state index in [1.54, 1.807) is 12.1 Å². The van der Waals surface area contributed by atoms with Gasteiger partial charge in [0.1, 0.15) is 6.07 Å². The molecule has 8 nitrogen and oxygen atoms in total. The van der Waals surface area contributed by atoms with Gasteiger partial charge in [-0.15, -0.1) is 0 Å². The third-order valence-electron chi connectivity index (χ3n) is 4.94. The summed E-state index contributed by atoms with van der Waals surface area (Å²) in [5.74, 6) is -1.96. The van der Waals surface area contributed by atoms with E-state index < -0.39 is 11.9 Å². The second kappa shape index (κ2) is 7.14. The first-order chi connectivity index (χ1) is 14.5. The third kappa shape index (κ3) is 2.86. The Balaban J connectivity index is 2.02. The van der Waals surface area contributed by atoms with Crippen molar-refractivity contribution >= 4 is 28.5 Å². The smallest absolute Gasteiger partial charge is 0.357 e. The molecule has 0 spiro atoms. The van der Waals surface area contributed by atoms with E-state index in [-0.39, 0.29) is 28.2 Å². The zero-order valence-electron chi connectivity index (χ0n) is 15.8. The van der Waals surface area contributed by atoms with Crippen molar-refractivity contribution in [1.29, 1.82) is 5.26 Å². The number of aromatic carboxylic acids is 1. The third-order valence-corrected chi connectivity index (χ3v) is 4.94. The number of nitrogen functional groups attached to an aromatic ring is 1. The summed E-state index contributed by atoms with van der Waals surface area (Å²) in [5, 5.41) is 20.0. The number of rotatable bonds is 4. The van der Waals surface area contributed by atoms with Crippen molar-refractivity contribution in [2.75, 3.05) is 12.8 Å². The van der Waals surface area contributed by atoms with E-state index in [0.29, 0.717) is 0 Å². The van der Waals surface area contributed by atoms with Crippen LogP contribution in [0, 0.1) is 11.3 Å². The maximum atomic E-state index is 12.3. The van der Waals surface area contributed by atoms with Gasteiger partial charge in [-0.25, -0.2) is 9.59 Å². The van der Waals surface area contributed by atoms with Crippen molar-refractivity contribution < 1.29 is 19.4 Å². The zero-order valence-corrected chi connectivity index (χ0v) is 15.8. The standard InChI is InChI=1S/C22H16N4O4/c1-30-22(29)20-19(24)13(10-23)11-26(20)18-9-12(5-6-16(18)21(27)28)14-3-2-4-17-15(14)7-8-25-17/h2-9,11,25H,24H2,1H3,(H,27,28). The number of benzene rings is 2. The highest BCUT2D eigenvalue weighted by Gasteiger charge is 2.25. The summed E-state index contributed by atoms with van der Waals surface area (Å²) in [6.07, 6.45) is 3.16. The van der Waals surface area contributed by atoms with Gasteiger partial charge in [0.2, 0.25) is 0 Å². The fraction of sp³-hybridized carbons (Fsp3) is 0.0455. The first kappa shape index (κ1) is 18.8. The second-order valence-electron chi connectivity index (χ2n) is 6.56. The number of hydrogen-bond donors (Lipinski definition) is 3. The molecule has 0 amide bonds. The Hall–Kier alpha value is -4.51. The summed E-state index contributed by atoms with van der Waals surface area (Å²) in [6.45, 7) is 0. The quantitative estimate of drug-likeness (QED) is 0.448. The number of carbonyl (C=O) groups excluding carboxylic acids is 1. The van der Waals surface area contributed by atoms with E-state index in [1.807, 2.05) is 36.5 Å². The van der Waals surface area contributed by atoms with Gasteiger partial charge >= 0.3 is 11.9 Å². The van der Waals surface area contributed by atoms with Crippen LogP contribution in [0.2, 0.25) is 0 Å². The molecule has 0 atom stereocenters. The molecule has 0 aliphatic heterocycles. The number of ether oxygens (including phenoxy) is 1. The zero-order chi connectivity index (χ0) is 21.4. The van der Waals surface area contributed by atoms with Gasteiger partial charge in [-0.05, 0) is 35.4 Å². The number of nitrogens with two attached hydrogens (primary N) is 1. The van der Waals surface area contributed by atoms with E-state index in [9.17, 15) is 20.0 Å². The molecular weight excluding hydrogens is 384 g/mol. The number of aromatic amines is 1. The number of esters is 1. The van der Waals surface area contributed by atoms with Gasteiger partial charge in [-0.2, -0.15) is 5.26 Å². The Bertz CT molecular complexity index is 1360. The number of nitrogens with zero attached hydrogens (tertiary/aromatic N) is 2. The lowest BCUT2D eigenvalue weighted by Crippen LogP contribution is -2.13. The lowest BCUT2D eigenvalue weighted by molar-refractivity contribution is 0.0591. The average molecular weight is 400 g/mol. The maximum Gasteiger partial charge on any atom is 0.357 e. The predicted molar refractivity (Wildman–Crippen MR) is 110 cm³/mol. The number of hydrogen-bond acceptors (Lipinski definition) is 5. The molecule has 0 aliphatic carbocycles. The summed E-state index contributed by atoms with van der Waals surface area (Å²) in [4.78, 5) is 27.4. The molecular formula is C22H16N4O4. The van der Waals surface area contributed by atoms with Crippen LogP contribution in [0.3, 0.4) is 0 Å². The highest BCUT2D eigenvalue weighted by molar-refractivity contribution is 6.00. The number of carbonyl (C=O) groups is 2. The van der Waals surface area contributed by atoms with Crippen LogP contribution in [0.1, 0.15) is 26.4 Å². The first-order valence-electron chi connectivity index (χ1n) is 8.89. The van der Waals surface area contributed by atoms with Crippen molar-refractivity contribution in [3.05, 3.63) is 71.7 Å². The Morgan fingerprint density at radius 2 is 2.03 bits per heavy atom. The van der Waals surface area contributed by atoms with E-state index in [0.717, 1.165) is 22.0 Å². The van der Waals surface area contributed by atoms with Crippen LogP contribution in [0.15, 0.2) is 54.9 Å². The molecule has 0 fully saturated rings. The number of aromatic nitrogens is 2. The minimum atomic E-state index is -1.18. The van der Waals surface area contributed by atoms with Crippen molar-refractivity contribution in [1.82, 2.24) is 9.55 Å². The fourth-order valence-corrected chi connectivity index (χ4v) is 3.52. The van der Waals surface area contributed by atoms with Crippen molar-refractivity contribution in [3.63, 3.8) is 0 Å². The molecule has 0 bridgehead atoms. The highest BCUT2D eigenvalue weighted by atomic mass is 16.5. The van der Waals surface area contributed by atoms with Crippen LogP contribution in [0.25, 0.3) is 27.7 Å². The molecule has 4 aromatic rings. The molecule has 4 rings (SSSR count). The number of H-pyrrole nitrogens is 1. The molecule has 0 saturated heterocycles. The Morgan fingerprint density at radius 3 is 2.73 bits per heavy atom. The molecule has 0 radical (unpaired) electrons. The van der Waals surface area contributed by atoms with Crippen molar-refractivity contribution in [2.24, 2.45) is 0 Å². The molecule has 8 heteroatoms. The molecule has 2 heterocycles. The molecule has 30 heavy (non-hydrogen) atoms. The molecule has 0 aliphatic rings.